The lowest BCUT2D eigenvalue weighted by Crippen LogP contribution is -2.42. The molecule has 2 rings (SSSR count). The van der Waals surface area contributed by atoms with Gasteiger partial charge in [0.25, 0.3) is 0 Å². The van der Waals surface area contributed by atoms with Gasteiger partial charge in [0.15, 0.2) is 0 Å². The molecule has 2 fully saturated rings. The molecule has 0 aromatic heterocycles. The number of carbonyl (C=O) groups is 2. The van der Waals surface area contributed by atoms with E-state index in [9.17, 15) is 9.59 Å². The minimum absolute atomic E-state index is 0.0450. The van der Waals surface area contributed by atoms with Crippen LogP contribution in [0.15, 0.2) is 0 Å². The molecule has 1 saturated heterocycles. The van der Waals surface area contributed by atoms with Crippen LogP contribution in [0.1, 0.15) is 19.3 Å². The molecule has 0 bridgehead atoms. The highest BCUT2D eigenvalue weighted by Gasteiger charge is 2.49. The van der Waals surface area contributed by atoms with Crippen molar-refractivity contribution in [3.05, 3.63) is 0 Å². The molecule has 1 aliphatic carbocycles. The Morgan fingerprint density at radius 2 is 1.93 bits per heavy atom. The quantitative estimate of drug-likeness (QED) is 0.656. The average Bonchev–Trinajstić information content (AvgIpc) is 2.58. The Bertz CT molecular complexity index is 278. The summed E-state index contributed by atoms with van der Waals surface area (Å²) in [7, 11) is 0. The Kier molecular flexibility index (Phi) is 2.09. The second-order valence-corrected chi connectivity index (χ2v) is 4.07. The van der Waals surface area contributed by atoms with E-state index in [4.69, 9.17) is 10.2 Å². The highest BCUT2D eigenvalue weighted by molar-refractivity contribution is 5.80. The van der Waals surface area contributed by atoms with Gasteiger partial charge in [0.05, 0.1) is 0 Å². The molecule has 0 radical (unpaired) electrons. The van der Waals surface area contributed by atoms with Crippen LogP contribution in [0.3, 0.4) is 0 Å². The standard InChI is InChI=1S/C9H13NO4/c11-8(12)7-6-3-1-2-5(6)4-10(7)9(13)14/h5-7H,1-4H2,(H,11,12)(H,13,14)/t5-,6-,7-/m0/s1. The molecule has 0 aromatic rings. The molecule has 0 aromatic carbocycles. The normalized spacial score (nSPS) is 35.7. The van der Waals surface area contributed by atoms with Crippen LogP contribution in [0.2, 0.25) is 0 Å². The van der Waals surface area contributed by atoms with Gasteiger partial charge in [-0.05, 0) is 24.7 Å². The molecule has 2 N–H and O–H groups in total. The van der Waals surface area contributed by atoms with Gasteiger partial charge in [0, 0.05) is 6.54 Å². The van der Waals surface area contributed by atoms with E-state index in [0.717, 1.165) is 24.2 Å². The van der Waals surface area contributed by atoms with E-state index in [1.807, 2.05) is 0 Å². The first-order valence-corrected chi connectivity index (χ1v) is 4.83. The molecule has 1 amide bonds. The van der Waals surface area contributed by atoms with Crippen LogP contribution >= 0.6 is 0 Å². The zero-order valence-corrected chi connectivity index (χ0v) is 7.72. The Labute approximate surface area is 81.3 Å². The van der Waals surface area contributed by atoms with Crippen LogP contribution in [0, 0.1) is 11.8 Å². The summed E-state index contributed by atoms with van der Waals surface area (Å²) in [6.07, 6.45) is 1.75. The number of likely N-dealkylation sites (tertiary alicyclic amines) is 1. The Hall–Kier alpha value is -1.26. The van der Waals surface area contributed by atoms with E-state index in [1.54, 1.807) is 0 Å². The Morgan fingerprint density at radius 3 is 2.50 bits per heavy atom. The lowest BCUT2D eigenvalue weighted by Gasteiger charge is -2.20. The fraction of sp³-hybridized carbons (Fsp3) is 0.778. The SMILES string of the molecule is O=C(O)[C@@H]1[C@H]2CCC[C@H]2CN1C(=O)O. The van der Waals surface area contributed by atoms with Crippen LogP contribution < -0.4 is 0 Å². The lowest BCUT2D eigenvalue weighted by molar-refractivity contribution is -0.142. The van der Waals surface area contributed by atoms with Crippen molar-refractivity contribution in [3.8, 4) is 0 Å². The Morgan fingerprint density at radius 1 is 1.21 bits per heavy atom. The topological polar surface area (TPSA) is 77.8 Å². The van der Waals surface area contributed by atoms with Crippen LogP contribution in [0.25, 0.3) is 0 Å². The van der Waals surface area contributed by atoms with E-state index in [2.05, 4.69) is 0 Å². The van der Waals surface area contributed by atoms with Crippen molar-refractivity contribution < 1.29 is 19.8 Å². The number of hydrogen-bond donors (Lipinski definition) is 2. The van der Waals surface area contributed by atoms with E-state index >= 15 is 0 Å². The largest absolute Gasteiger partial charge is 0.480 e. The van der Waals surface area contributed by atoms with E-state index in [1.165, 1.54) is 0 Å². The summed E-state index contributed by atoms with van der Waals surface area (Å²) in [6.45, 7) is 0.400. The zero-order chi connectivity index (χ0) is 10.3. The minimum atomic E-state index is -1.10. The van der Waals surface area contributed by atoms with Crippen LogP contribution in [0.5, 0.6) is 0 Å². The van der Waals surface area contributed by atoms with Gasteiger partial charge in [-0.3, -0.25) is 4.90 Å². The highest BCUT2D eigenvalue weighted by atomic mass is 16.4. The number of hydrogen-bond acceptors (Lipinski definition) is 2. The first kappa shape index (κ1) is 9.30. The van der Waals surface area contributed by atoms with Gasteiger partial charge in [-0.1, -0.05) is 6.42 Å². The number of carboxylic acids is 1. The lowest BCUT2D eigenvalue weighted by atomic mass is 9.94. The third kappa shape index (κ3) is 1.23. The van der Waals surface area contributed by atoms with Crippen molar-refractivity contribution in [2.45, 2.75) is 25.3 Å². The molecule has 0 spiro atoms. The van der Waals surface area contributed by atoms with Gasteiger partial charge in [-0.15, -0.1) is 0 Å². The Balaban J connectivity index is 2.21. The smallest absolute Gasteiger partial charge is 0.408 e. The molecular weight excluding hydrogens is 186 g/mol. The molecule has 1 saturated carbocycles. The fourth-order valence-corrected chi connectivity index (χ4v) is 2.82. The number of nitrogens with zero attached hydrogens (tertiary/aromatic N) is 1. The summed E-state index contributed by atoms with van der Waals surface area (Å²) in [4.78, 5) is 22.8. The molecule has 0 unspecified atom stereocenters. The van der Waals surface area contributed by atoms with Crippen molar-refractivity contribution in [1.82, 2.24) is 4.90 Å². The van der Waals surface area contributed by atoms with E-state index in [-0.39, 0.29) is 11.8 Å². The maximum absolute atomic E-state index is 11.0. The first-order chi connectivity index (χ1) is 6.61. The summed E-state index contributed by atoms with van der Waals surface area (Å²) in [5.41, 5.74) is 0. The third-order valence-corrected chi connectivity index (χ3v) is 3.39. The minimum Gasteiger partial charge on any atom is -0.480 e. The van der Waals surface area contributed by atoms with Gasteiger partial charge in [0.1, 0.15) is 6.04 Å². The molecule has 78 valence electrons. The average molecular weight is 199 g/mol. The van der Waals surface area contributed by atoms with Gasteiger partial charge in [0.2, 0.25) is 0 Å². The number of fused-ring (bicyclic) bond motifs is 1. The van der Waals surface area contributed by atoms with Gasteiger partial charge < -0.3 is 10.2 Å². The molecule has 1 aliphatic heterocycles. The van der Waals surface area contributed by atoms with Crippen molar-refractivity contribution in [1.29, 1.82) is 0 Å². The second-order valence-electron chi connectivity index (χ2n) is 4.07. The zero-order valence-electron chi connectivity index (χ0n) is 7.72. The second kappa shape index (κ2) is 3.15. The van der Waals surface area contributed by atoms with Crippen molar-refractivity contribution in [2.24, 2.45) is 11.8 Å². The van der Waals surface area contributed by atoms with Crippen LogP contribution in [-0.2, 0) is 4.79 Å². The van der Waals surface area contributed by atoms with Gasteiger partial charge >= 0.3 is 12.1 Å². The number of carboxylic acid groups (broad SMARTS) is 2. The van der Waals surface area contributed by atoms with Crippen molar-refractivity contribution >= 4 is 12.1 Å². The van der Waals surface area contributed by atoms with Crippen LogP contribution in [-0.4, -0.2) is 39.8 Å². The van der Waals surface area contributed by atoms with Gasteiger partial charge in [-0.25, -0.2) is 9.59 Å². The molecule has 5 nitrogen and oxygen atoms in total. The molecular formula is C9H13NO4. The molecule has 2 aliphatic rings. The van der Waals surface area contributed by atoms with Gasteiger partial charge in [-0.2, -0.15) is 0 Å². The number of aliphatic carboxylic acids is 1. The number of rotatable bonds is 1. The monoisotopic (exact) mass is 199 g/mol. The van der Waals surface area contributed by atoms with Crippen molar-refractivity contribution in [2.75, 3.05) is 6.54 Å². The highest BCUT2D eigenvalue weighted by Crippen LogP contribution is 2.42. The summed E-state index contributed by atoms with van der Waals surface area (Å²) in [5.74, 6) is -0.683. The van der Waals surface area contributed by atoms with E-state index in [0.29, 0.717) is 6.54 Å². The van der Waals surface area contributed by atoms with Crippen LogP contribution in [0.4, 0.5) is 4.79 Å². The molecule has 14 heavy (non-hydrogen) atoms. The molecule has 1 heterocycles. The molecule has 5 heteroatoms. The summed E-state index contributed by atoms with van der Waals surface area (Å²) >= 11 is 0. The summed E-state index contributed by atoms with van der Waals surface area (Å²) < 4.78 is 0. The first-order valence-electron chi connectivity index (χ1n) is 4.83. The fourth-order valence-electron chi connectivity index (χ4n) is 2.82. The maximum atomic E-state index is 11.0. The predicted molar refractivity (Wildman–Crippen MR) is 47.0 cm³/mol. The number of amides is 1. The third-order valence-electron chi connectivity index (χ3n) is 3.39. The van der Waals surface area contributed by atoms with Crippen molar-refractivity contribution in [3.63, 3.8) is 0 Å². The summed E-state index contributed by atoms with van der Waals surface area (Å²) in [6, 6.07) is -0.806. The predicted octanol–water partition coefficient (Wildman–Crippen LogP) is 0.850. The molecule has 3 atom stereocenters. The van der Waals surface area contributed by atoms with E-state index < -0.39 is 18.1 Å². The summed E-state index contributed by atoms with van der Waals surface area (Å²) in [5, 5.41) is 17.8. The maximum Gasteiger partial charge on any atom is 0.408 e.